The molecule has 0 unspecified atom stereocenters. The number of rotatable bonds is 4. The monoisotopic (exact) mass is 424 g/mol. The molecule has 0 bridgehead atoms. The van der Waals surface area contributed by atoms with Crippen LogP contribution in [0.4, 0.5) is 5.69 Å². The van der Waals surface area contributed by atoms with Gasteiger partial charge in [0.2, 0.25) is 0 Å². The fourth-order valence-corrected chi connectivity index (χ4v) is 4.71. The van der Waals surface area contributed by atoms with Crippen molar-refractivity contribution in [2.45, 2.75) is 25.9 Å². The van der Waals surface area contributed by atoms with Crippen molar-refractivity contribution in [3.63, 3.8) is 0 Å². The first kappa shape index (κ1) is 19.5. The number of nitrogens with zero attached hydrogens (tertiary/aromatic N) is 3. The maximum absolute atomic E-state index is 5.85. The van der Waals surface area contributed by atoms with E-state index >= 15 is 0 Å². The molecule has 31 heavy (non-hydrogen) atoms. The molecule has 4 aromatic rings. The molecule has 1 aliphatic heterocycles. The predicted octanol–water partition coefficient (Wildman–Crippen LogP) is 5.67. The maximum Gasteiger partial charge on any atom is 0.174 e. The Morgan fingerprint density at radius 3 is 2.29 bits per heavy atom. The summed E-state index contributed by atoms with van der Waals surface area (Å²) >= 11 is 5.85. The van der Waals surface area contributed by atoms with Crippen LogP contribution in [0.5, 0.6) is 0 Å². The van der Waals surface area contributed by atoms with E-state index in [2.05, 4.69) is 107 Å². The average molecular weight is 425 g/mol. The van der Waals surface area contributed by atoms with Gasteiger partial charge in [0.15, 0.2) is 5.11 Å². The van der Waals surface area contributed by atoms with Crippen molar-refractivity contribution in [3.8, 4) is 5.69 Å². The summed E-state index contributed by atoms with van der Waals surface area (Å²) in [7, 11) is 0. The summed E-state index contributed by atoms with van der Waals surface area (Å²) in [5, 5.41) is 4.26. The van der Waals surface area contributed by atoms with Gasteiger partial charge in [0.05, 0.1) is 11.7 Å². The smallest absolute Gasteiger partial charge is 0.174 e. The molecule has 1 fully saturated rings. The second-order valence-electron chi connectivity index (χ2n) is 7.98. The number of nitrogens with one attached hydrogen (secondary N) is 1. The standard InChI is InChI=1S/C26H24N4S/c1-18-8-5-10-20(16-18)29-15-7-13-23(29)25-24(22-12-3-4-14-27-22)28-26(31)30(25)21-11-6-9-19(2)17-21/h3-17,24-25H,1-2H3,(H,28,31)/t24-,25+/m0/s1. The van der Waals surface area contributed by atoms with E-state index in [1.165, 1.54) is 11.1 Å². The number of benzene rings is 2. The van der Waals surface area contributed by atoms with Crippen molar-refractivity contribution in [2.24, 2.45) is 0 Å². The van der Waals surface area contributed by atoms with Crippen LogP contribution in [0.1, 0.15) is 34.6 Å². The Balaban J connectivity index is 1.68. The van der Waals surface area contributed by atoms with E-state index < -0.39 is 0 Å². The van der Waals surface area contributed by atoms with E-state index in [9.17, 15) is 0 Å². The van der Waals surface area contributed by atoms with Gasteiger partial charge in [-0.2, -0.15) is 0 Å². The average Bonchev–Trinajstić information content (AvgIpc) is 3.38. The van der Waals surface area contributed by atoms with Crippen molar-refractivity contribution < 1.29 is 0 Å². The molecule has 4 nitrogen and oxygen atoms in total. The van der Waals surface area contributed by atoms with Crippen molar-refractivity contribution in [2.75, 3.05) is 4.90 Å². The number of anilines is 1. The Morgan fingerprint density at radius 2 is 1.58 bits per heavy atom. The van der Waals surface area contributed by atoms with Crippen LogP contribution in [-0.2, 0) is 0 Å². The molecule has 5 heteroatoms. The van der Waals surface area contributed by atoms with Crippen LogP contribution in [-0.4, -0.2) is 14.7 Å². The van der Waals surface area contributed by atoms with E-state index in [0.29, 0.717) is 5.11 Å². The first-order valence-corrected chi connectivity index (χ1v) is 10.8. The molecule has 0 spiro atoms. The van der Waals surface area contributed by atoms with Crippen molar-refractivity contribution in [1.82, 2.24) is 14.9 Å². The minimum absolute atomic E-state index is 0.0419. The van der Waals surface area contributed by atoms with Crippen molar-refractivity contribution >= 4 is 23.0 Å². The molecular weight excluding hydrogens is 400 g/mol. The Bertz CT molecular complexity index is 1230. The van der Waals surface area contributed by atoms with Gasteiger partial charge in [-0.25, -0.2) is 0 Å². The minimum Gasteiger partial charge on any atom is -0.351 e. The summed E-state index contributed by atoms with van der Waals surface area (Å²) in [6.07, 6.45) is 3.96. The number of hydrogen-bond acceptors (Lipinski definition) is 2. The Labute approximate surface area is 188 Å². The number of thiocarbonyl (C=S) groups is 1. The summed E-state index contributed by atoms with van der Waals surface area (Å²) < 4.78 is 2.26. The van der Waals surface area contributed by atoms with Gasteiger partial charge in [-0.3, -0.25) is 4.98 Å². The van der Waals surface area contributed by atoms with Crippen LogP contribution in [0, 0.1) is 13.8 Å². The fraction of sp³-hybridized carbons (Fsp3) is 0.154. The molecule has 154 valence electrons. The molecule has 1 N–H and O–H groups in total. The molecule has 1 saturated heterocycles. The molecule has 2 aromatic heterocycles. The van der Waals surface area contributed by atoms with E-state index in [4.69, 9.17) is 12.2 Å². The second-order valence-corrected chi connectivity index (χ2v) is 8.36. The fourth-order valence-electron chi connectivity index (χ4n) is 4.36. The third kappa shape index (κ3) is 3.62. The Hall–Kier alpha value is -3.44. The second kappa shape index (κ2) is 8.00. The molecule has 2 aromatic carbocycles. The van der Waals surface area contributed by atoms with Gasteiger partial charge in [0, 0.05) is 29.5 Å². The number of aromatic nitrogens is 2. The largest absolute Gasteiger partial charge is 0.351 e. The summed E-state index contributed by atoms with van der Waals surface area (Å²) in [6.45, 7) is 4.23. The van der Waals surface area contributed by atoms with E-state index in [-0.39, 0.29) is 12.1 Å². The zero-order valence-electron chi connectivity index (χ0n) is 17.6. The van der Waals surface area contributed by atoms with Crippen LogP contribution >= 0.6 is 12.2 Å². The quantitative estimate of drug-likeness (QED) is 0.428. The van der Waals surface area contributed by atoms with E-state index in [1.807, 2.05) is 18.3 Å². The number of hydrogen-bond donors (Lipinski definition) is 1. The zero-order valence-corrected chi connectivity index (χ0v) is 18.4. The predicted molar refractivity (Wildman–Crippen MR) is 130 cm³/mol. The van der Waals surface area contributed by atoms with Crippen LogP contribution < -0.4 is 10.2 Å². The van der Waals surface area contributed by atoms with Crippen molar-refractivity contribution in [3.05, 3.63) is 114 Å². The van der Waals surface area contributed by atoms with Crippen LogP contribution in [0.25, 0.3) is 5.69 Å². The molecule has 0 amide bonds. The molecule has 2 atom stereocenters. The van der Waals surface area contributed by atoms with Gasteiger partial charge >= 0.3 is 0 Å². The highest BCUT2D eigenvalue weighted by Crippen LogP contribution is 2.42. The first-order chi connectivity index (χ1) is 15.1. The molecule has 0 radical (unpaired) electrons. The lowest BCUT2D eigenvalue weighted by Gasteiger charge is -2.29. The van der Waals surface area contributed by atoms with Crippen LogP contribution in [0.15, 0.2) is 91.3 Å². The van der Waals surface area contributed by atoms with Gasteiger partial charge in [0.25, 0.3) is 0 Å². The summed E-state index contributed by atoms with van der Waals surface area (Å²) in [5.74, 6) is 0. The van der Waals surface area contributed by atoms with Gasteiger partial charge in [-0.05, 0) is 85.7 Å². The Morgan fingerprint density at radius 1 is 0.839 bits per heavy atom. The maximum atomic E-state index is 5.85. The topological polar surface area (TPSA) is 33.1 Å². The van der Waals surface area contributed by atoms with Gasteiger partial charge in [0.1, 0.15) is 6.04 Å². The first-order valence-electron chi connectivity index (χ1n) is 10.4. The van der Waals surface area contributed by atoms with Gasteiger partial charge in [-0.15, -0.1) is 0 Å². The summed E-state index contributed by atoms with van der Waals surface area (Å²) in [6, 6.07) is 27.3. The summed E-state index contributed by atoms with van der Waals surface area (Å²) in [4.78, 5) is 6.88. The molecule has 1 aliphatic rings. The van der Waals surface area contributed by atoms with Gasteiger partial charge < -0.3 is 14.8 Å². The third-order valence-electron chi connectivity index (χ3n) is 5.74. The normalized spacial score (nSPS) is 18.3. The van der Waals surface area contributed by atoms with E-state index in [0.717, 1.165) is 22.8 Å². The van der Waals surface area contributed by atoms with E-state index in [1.54, 1.807) is 0 Å². The zero-order chi connectivity index (χ0) is 21.4. The molecule has 5 rings (SSSR count). The number of pyridine rings is 1. The van der Waals surface area contributed by atoms with Crippen LogP contribution in [0.3, 0.4) is 0 Å². The highest BCUT2D eigenvalue weighted by molar-refractivity contribution is 7.80. The lowest BCUT2D eigenvalue weighted by Crippen LogP contribution is -2.30. The summed E-state index contributed by atoms with van der Waals surface area (Å²) in [5.41, 5.74) is 6.79. The van der Waals surface area contributed by atoms with Gasteiger partial charge in [-0.1, -0.05) is 30.3 Å². The highest BCUT2D eigenvalue weighted by atomic mass is 32.1. The lowest BCUT2D eigenvalue weighted by atomic mass is 10.0. The molecule has 0 saturated carbocycles. The SMILES string of the molecule is Cc1cccc(N2C(=S)N[C@@H](c3ccccn3)[C@H]2c2cccn2-c2cccc(C)c2)c1. The lowest BCUT2D eigenvalue weighted by molar-refractivity contribution is 0.549. The minimum atomic E-state index is -0.0623. The molecule has 0 aliphatic carbocycles. The Kier molecular flexibility index (Phi) is 5.04. The van der Waals surface area contributed by atoms with Crippen molar-refractivity contribution in [1.29, 1.82) is 0 Å². The third-order valence-corrected chi connectivity index (χ3v) is 6.06. The molecular formula is C26H24N4S. The number of aryl methyl sites for hydroxylation is 2. The van der Waals surface area contributed by atoms with Crippen LogP contribution in [0.2, 0.25) is 0 Å². The molecule has 3 heterocycles. The highest BCUT2D eigenvalue weighted by Gasteiger charge is 2.42.